The lowest BCUT2D eigenvalue weighted by Gasteiger charge is -2.14. The third-order valence-electron chi connectivity index (χ3n) is 3.10. The quantitative estimate of drug-likeness (QED) is 0.889. The Morgan fingerprint density at radius 1 is 1.40 bits per heavy atom. The van der Waals surface area contributed by atoms with Gasteiger partial charge in [-0.1, -0.05) is 19.1 Å². The summed E-state index contributed by atoms with van der Waals surface area (Å²) in [6, 6.07) is 7.33. The molecule has 0 saturated carbocycles. The molecule has 0 aliphatic heterocycles. The number of benzene rings is 1. The normalized spacial score (nSPS) is 12.2. The van der Waals surface area contributed by atoms with Gasteiger partial charge in [0.15, 0.2) is 0 Å². The minimum atomic E-state index is -0.0757. The standard InChI is InChI=1S/C15H19N3OS/c1-3-13(15-17-10(2)9-20-15)18-14(19)12-6-4-11(8-16)5-7-12/h4-7,9,13H,3,8,16H2,1-2H3,(H,18,19). The molecule has 1 amide bonds. The molecule has 0 aliphatic carbocycles. The van der Waals surface area contributed by atoms with Crippen LogP contribution in [0.4, 0.5) is 0 Å². The first-order chi connectivity index (χ1) is 9.63. The van der Waals surface area contributed by atoms with Gasteiger partial charge in [0.25, 0.3) is 5.91 Å². The van der Waals surface area contributed by atoms with Gasteiger partial charge < -0.3 is 11.1 Å². The van der Waals surface area contributed by atoms with Crippen molar-refractivity contribution in [3.05, 3.63) is 51.5 Å². The number of nitrogens with zero attached hydrogens (tertiary/aromatic N) is 1. The minimum absolute atomic E-state index is 0.0321. The van der Waals surface area contributed by atoms with Gasteiger partial charge in [0.2, 0.25) is 0 Å². The average molecular weight is 289 g/mol. The lowest BCUT2D eigenvalue weighted by molar-refractivity contribution is 0.0935. The Morgan fingerprint density at radius 2 is 2.10 bits per heavy atom. The Balaban J connectivity index is 2.08. The molecule has 0 fully saturated rings. The number of hydrogen-bond acceptors (Lipinski definition) is 4. The fourth-order valence-corrected chi connectivity index (χ4v) is 2.83. The fraction of sp³-hybridized carbons (Fsp3) is 0.333. The third kappa shape index (κ3) is 3.43. The van der Waals surface area contributed by atoms with Gasteiger partial charge in [-0.15, -0.1) is 11.3 Å². The van der Waals surface area contributed by atoms with Gasteiger partial charge in [-0.05, 0) is 31.0 Å². The van der Waals surface area contributed by atoms with E-state index in [0.717, 1.165) is 22.7 Å². The van der Waals surface area contributed by atoms with Crippen molar-refractivity contribution in [2.45, 2.75) is 32.9 Å². The number of carbonyl (C=O) groups is 1. The first-order valence-corrected chi connectivity index (χ1v) is 7.54. The topological polar surface area (TPSA) is 68.0 Å². The van der Waals surface area contributed by atoms with Crippen molar-refractivity contribution in [3.63, 3.8) is 0 Å². The van der Waals surface area contributed by atoms with Crippen molar-refractivity contribution in [3.8, 4) is 0 Å². The molecule has 2 rings (SSSR count). The highest BCUT2D eigenvalue weighted by Gasteiger charge is 2.16. The zero-order chi connectivity index (χ0) is 14.5. The molecule has 2 aromatic rings. The molecule has 1 atom stereocenters. The van der Waals surface area contributed by atoms with E-state index in [4.69, 9.17) is 5.73 Å². The van der Waals surface area contributed by atoms with Crippen LogP contribution >= 0.6 is 11.3 Å². The van der Waals surface area contributed by atoms with Gasteiger partial charge in [-0.2, -0.15) is 0 Å². The molecule has 20 heavy (non-hydrogen) atoms. The Kier molecular flexibility index (Phi) is 4.87. The van der Waals surface area contributed by atoms with E-state index in [1.807, 2.05) is 31.4 Å². The number of carbonyl (C=O) groups excluding carboxylic acids is 1. The summed E-state index contributed by atoms with van der Waals surface area (Å²) in [5.41, 5.74) is 8.20. The maximum atomic E-state index is 12.2. The number of aromatic nitrogens is 1. The summed E-state index contributed by atoms with van der Waals surface area (Å²) < 4.78 is 0. The maximum absolute atomic E-state index is 12.2. The van der Waals surface area contributed by atoms with E-state index in [-0.39, 0.29) is 11.9 Å². The fourth-order valence-electron chi connectivity index (χ4n) is 1.90. The lowest BCUT2D eigenvalue weighted by atomic mass is 10.1. The summed E-state index contributed by atoms with van der Waals surface area (Å²) in [7, 11) is 0. The van der Waals surface area contributed by atoms with Crippen molar-refractivity contribution < 1.29 is 4.79 Å². The Labute approximate surface area is 123 Å². The summed E-state index contributed by atoms with van der Waals surface area (Å²) in [6.45, 7) is 4.48. The number of nitrogens with one attached hydrogen (secondary N) is 1. The summed E-state index contributed by atoms with van der Waals surface area (Å²) in [4.78, 5) is 16.7. The van der Waals surface area contributed by atoms with Crippen molar-refractivity contribution in [2.75, 3.05) is 0 Å². The molecule has 0 bridgehead atoms. The van der Waals surface area contributed by atoms with E-state index in [1.165, 1.54) is 0 Å². The highest BCUT2D eigenvalue weighted by molar-refractivity contribution is 7.09. The molecule has 106 valence electrons. The van der Waals surface area contributed by atoms with Crippen LogP contribution in [0.5, 0.6) is 0 Å². The van der Waals surface area contributed by atoms with E-state index in [1.54, 1.807) is 23.5 Å². The summed E-state index contributed by atoms with van der Waals surface area (Å²) in [6.07, 6.45) is 0.819. The van der Waals surface area contributed by atoms with Crippen LogP contribution in [-0.4, -0.2) is 10.9 Å². The SMILES string of the molecule is CCC(NC(=O)c1ccc(CN)cc1)c1nc(C)cs1. The van der Waals surface area contributed by atoms with E-state index < -0.39 is 0 Å². The molecule has 1 aromatic heterocycles. The van der Waals surface area contributed by atoms with Gasteiger partial charge in [0, 0.05) is 23.2 Å². The van der Waals surface area contributed by atoms with Crippen LogP contribution in [0, 0.1) is 6.92 Å². The van der Waals surface area contributed by atoms with Crippen LogP contribution in [-0.2, 0) is 6.54 Å². The average Bonchev–Trinajstić information content (AvgIpc) is 2.91. The van der Waals surface area contributed by atoms with Crippen molar-refractivity contribution in [1.29, 1.82) is 0 Å². The first-order valence-electron chi connectivity index (χ1n) is 6.66. The molecular formula is C15H19N3OS. The summed E-state index contributed by atoms with van der Waals surface area (Å²) in [5, 5.41) is 5.98. The molecular weight excluding hydrogens is 270 g/mol. The molecule has 0 spiro atoms. The first kappa shape index (κ1) is 14.7. The van der Waals surface area contributed by atoms with Crippen molar-refractivity contribution in [1.82, 2.24) is 10.3 Å². The highest BCUT2D eigenvalue weighted by Crippen LogP contribution is 2.21. The number of amides is 1. The second-order valence-corrected chi connectivity index (χ2v) is 5.55. The largest absolute Gasteiger partial charge is 0.343 e. The van der Waals surface area contributed by atoms with Gasteiger partial charge in [0.1, 0.15) is 5.01 Å². The molecule has 4 nitrogen and oxygen atoms in total. The zero-order valence-corrected chi connectivity index (χ0v) is 12.5. The molecule has 0 aliphatic rings. The number of rotatable bonds is 5. The van der Waals surface area contributed by atoms with Gasteiger partial charge in [-0.3, -0.25) is 4.79 Å². The van der Waals surface area contributed by atoms with Crippen LogP contribution in [0.3, 0.4) is 0 Å². The highest BCUT2D eigenvalue weighted by atomic mass is 32.1. The van der Waals surface area contributed by atoms with Crippen LogP contribution in [0.25, 0.3) is 0 Å². The number of hydrogen-bond donors (Lipinski definition) is 2. The van der Waals surface area contributed by atoms with E-state index in [2.05, 4.69) is 10.3 Å². The third-order valence-corrected chi connectivity index (χ3v) is 4.18. The summed E-state index contributed by atoms with van der Waals surface area (Å²) >= 11 is 1.58. The van der Waals surface area contributed by atoms with E-state index >= 15 is 0 Å². The number of thiazole rings is 1. The van der Waals surface area contributed by atoms with Gasteiger partial charge >= 0.3 is 0 Å². The van der Waals surface area contributed by atoms with Gasteiger partial charge in [0.05, 0.1) is 6.04 Å². The molecule has 3 N–H and O–H groups in total. The lowest BCUT2D eigenvalue weighted by Crippen LogP contribution is -2.28. The Morgan fingerprint density at radius 3 is 2.60 bits per heavy atom. The molecule has 1 heterocycles. The molecule has 5 heteroatoms. The van der Waals surface area contributed by atoms with Crippen LogP contribution in [0.1, 0.15) is 46.0 Å². The minimum Gasteiger partial charge on any atom is -0.343 e. The predicted molar refractivity (Wildman–Crippen MR) is 81.7 cm³/mol. The smallest absolute Gasteiger partial charge is 0.251 e. The summed E-state index contributed by atoms with van der Waals surface area (Å²) in [5.74, 6) is -0.0757. The van der Waals surface area contributed by atoms with E-state index in [0.29, 0.717) is 12.1 Å². The van der Waals surface area contributed by atoms with Crippen LogP contribution < -0.4 is 11.1 Å². The van der Waals surface area contributed by atoms with Crippen molar-refractivity contribution >= 4 is 17.2 Å². The van der Waals surface area contributed by atoms with E-state index in [9.17, 15) is 4.79 Å². The number of nitrogens with two attached hydrogens (primary N) is 1. The molecule has 0 saturated heterocycles. The molecule has 0 radical (unpaired) electrons. The second kappa shape index (κ2) is 6.63. The molecule has 1 unspecified atom stereocenters. The van der Waals surface area contributed by atoms with Crippen LogP contribution in [0.15, 0.2) is 29.6 Å². The number of aryl methyl sites for hydroxylation is 1. The van der Waals surface area contributed by atoms with Crippen molar-refractivity contribution in [2.24, 2.45) is 5.73 Å². The van der Waals surface area contributed by atoms with Gasteiger partial charge in [-0.25, -0.2) is 4.98 Å². The van der Waals surface area contributed by atoms with Crippen LogP contribution in [0.2, 0.25) is 0 Å². The second-order valence-electron chi connectivity index (χ2n) is 4.66. The monoisotopic (exact) mass is 289 g/mol. The predicted octanol–water partition coefficient (Wildman–Crippen LogP) is 2.79. The molecule has 1 aromatic carbocycles. The Hall–Kier alpha value is -1.72. The Bertz CT molecular complexity index is 577. The zero-order valence-electron chi connectivity index (χ0n) is 11.7. The maximum Gasteiger partial charge on any atom is 0.251 e.